The number of thioether (sulfide) groups is 1. The van der Waals surface area contributed by atoms with Crippen molar-refractivity contribution in [2.75, 3.05) is 5.75 Å². The lowest BCUT2D eigenvalue weighted by atomic mass is 9.96. The molecule has 0 saturated carbocycles. The molecule has 0 saturated heterocycles. The molecule has 0 aliphatic heterocycles. The monoisotopic (exact) mass is 395 g/mol. The van der Waals surface area contributed by atoms with Gasteiger partial charge >= 0.3 is 5.97 Å². The molecule has 0 amide bonds. The average Bonchev–Trinajstić information content (AvgIpc) is 2.62. The van der Waals surface area contributed by atoms with Crippen molar-refractivity contribution in [3.63, 3.8) is 0 Å². The van der Waals surface area contributed by atoms with Crippen LogP contribution in [0.25, 0.3) is 0 Å². The van der Waals surface area contributed by atoms with Crippen molar-refractivity contribution < 1.29 is 14.3 Å². The Labute approximate surface area is 162 Å². The predicted octanol–water partition coefficient (Wildman–Crippen LogP) is 4.84. The van der Waals surface area contributed by atoms with Crippen LogP contribution in [0.2, 0.25) is 5.02 Å². The molecule has 0 aliphatic carbocycles. The Morgan fingerprint density at radius 2 is 1.88 bits per heavy atom. The summed E-state index contributed by atoms with van der Waals surface area (Å²) in [4.78, 5) is 11.1. The Morgan fingerprint density at radius 3 is 2.46 bits per heavy atom. The first-order chi connectivity index (χ1) is 12.4. The summed E-state index contributed by atoms with van der Waals surface area (Å²) in [6.07, 6.45) is 1.85. The standard InChI is InChI=1S/C20H23ClFNO2S/c1-3-12-5-6-14(9-13(12)4-2)19(26-11-18(23)20(24)25)16-8-7-15(22)10-17(16)21/h5-10,18-19H,3-4,11,23H2,1-2H3,(H,24,25)/t18-,19?/m0/s1. The van der Waals surface area contributed by atoms with Gasteiger partial charge in [0.25, 0.3) is 0 Å². The summed E-state index contributed by atoms with van der Waals surface area (Å²) in [6.45, 7) is 4.22. The molecule has 2 rings (SSSR count). The first-order valence-electron chi connectivity index (χ1n) is 8.54. The molecule has 3 nitrogen and oxygen atoms in total. The predicted molar refractivity (Wildman–Crippen MR) is 107 cm³/mol. The average molecular weight is 396 g/mol. The van der Waals surface area contributed by atoms with E-state index in [4.69, 9.17) is 22.4 Å². The topological polar surface area (TPSA) is 63.3 Å². The number of benzene rings is 2. The van der Waals surface area contributed by atoms with Crippen LogP contribution < -0.4 is 5.73 Å². The van der Waals surface area contributed by atoms with E-state index in [2.05, 4.69) is 26.0 Å². The molecule has 0 aromatic heterocycles. The molecule has 0 radical (unpaired) electrons. The first-order valence-corrected chi connectivity index (χ1v) is 9.96. The molecule has 0 fully saturated rings. The maximum absolute atomic E-state index is 13.5. The Bertz CT molecular complexity index is 784. The van der Waals surface area contributed by atoms with Crippen molar-refractivity contribution in [2.45, 2.75) is 38.0 Å². The lowest BCUT2D eigenvalue weighted by Gasteiger charge is -2.21. The summed E-state index contributed by atoms with van der Waals surface area (Å²) < 4.78 is 13.5. The van der Waals surface area contributed by atoms with Crippen LogP contribution >= 0.6 is 23.4 Å². The largest absolute Gasteiger partial charge is 0.480 e. The van der Waals surface area contributed by atoms with E-state index < -0.39 is 17.8 Å². The van der Waals surface area contributed by atoms with Crippen molar-refractivity contribution in [3.8, 4) is 0 Å². The molecule has 0 bridgehead atoms. The second-order valence-electron chi connectivity index (χ2n) is 6.06. The van der Waals surface area contributed by atoms with Crippen LogP contribution in [-0.2, 0) is 17.6 Å². The Balaban J connectivity index is 2.44. The molecule has 2 atom stereocenters. The summed E-state index contributed by atoms with van der Waals surface area (Å²) in [7, 11) is 0. The van der Waals surface area contributed by atoms with E-state index in [-0.39, 0.29) is 11.0 Å². The number of nitrogens with two attached hydrogens (primary N) is 1. The summed E-state index contributed by atoms with van der Waals surface area (Å²) in [5, 5.41) is 9.17. The number of rotatable bonds is 8. The summed E-state index contributed by atoms with van der Waals surface area (Å²) >= 11 is 7.69. The molecular formula is C20H23ClFNO2S. The minimum atomic E-state index is -1.04. The lowest BCUT2D eigenvalue weighted by molar-refractivity contribution is -0.137. The van der Waals surface area contributed by atoms with E-state index in [1.807, 2.05) is 6.07 Å². The normalized spacial score (nSPS) is 13.4. The van der Waals surface area contributed by atoms with Gasteiger partial charge < -0.3 is 10.8 Å². The number of carboxylic acids is 1. The van der Waals surface area contributed by atoms with E-state index in [0.717, 1.165) is 24.0 Å². The third kappa shape index (κ3) is 5.00. The highest BCUT2D eigenvalue weighted by atomic mass is 35.5. The first kappa shape index (κ1) is 20.7. The quantitative estimate of drug-likeness (QED) is 0.671. The van der Waals surface area contributed by atoms with Crippen LogP contribution in [0.1, 0.15) is 41.4 Å². The zero-order chi connectivity index (χ0) is 19.3. The van der Waals surface area contributed by atoms with Crippen LogP contribution in [0.5, 0.6) is 0 Å². The number of hydrogen-bond acceptors (Lipinski definition) is 3. The maximum Gasteiger partial charge on any atom is 0.321 e. The van der Waals surface area contributed by atoms with Crippen molar-refractivity contribution in [1.29, 1.82) is 0 Å². The van der Waals surface area contributed by atoms with E-state index in [0.29, 0.717) is 5.02 Å². The Kier molecular flexibility index (Phi) is 7.50. The zero-order valence-corrected chi connectivity index (χ0v) is 16.4. The number of aliphatic carboxylic acids is 1. The molecule has 2 aromatic rings. The summed E-state index contributed by atoms with van der Waals surface area (Å²) in [5.74, 6) is -1.22. The second kappa shape index (κ2) is 9.40. The molecule has 0 aliphatic rings. The molecule has 3 N–H and O–H groups in total. The minimum absolute atomic E-state index is 0.218. The number of halogens is 2. The van der Waals surface area contributed by atoms with E-state index >= 15 is 0 Å². The lowest BCUT2D eigenvalue weighted by Crippen LogP contribution is -2.32. The van der Waals surface area contributed by atoms with Crippen LogP contribution in [0.15, 0.2) is 36.4 Å². The van der Waals surface area contributed by atoms with Gasteiger partial charge in [0.15, 0.2) is 0 Å². The van der Waals surface area contributed by atoms with Gasteiger partial charge in [0, 0.05) is 10.8 Å². The molecule has 2 aromatic carbocycles. The fourth-order valence-electron chi connectivity index (χ4n) is 2.83. The fourth-order valence-corrected chi connectivity index (χ4v) is 4.44. The molecule has 0 spiro atoms. The highest BCUT2D eigenvalue weighted by Gasteiger charge is 2.22. The van der Waals surface area contributed by atoms with Gasteiger partial charge in [-0.25, -0.2) is 4.39 Å². The third-order valence-corrected chi connectivity index (χ3v) is 6.04. The van der Waals surface area contributed by atoms with E-state index in [1.165, 1.54) is 35.0 Å². The fraction of sp³-hybridized carbons (Fsp3) is 0.350. The smallest absolute Gasteiger partial charge is 0.321 e. The number of carbonyl (C=O) groups is 1. The van der Waals surface area contributed by atoms with Gasteiger partial charge in [-0.2, -0.15) is 0 Å². The van der Waals surface area contributed by atoms with Gasteiger partial charge in [-0.3, -0.25) is 4.79 Å². The number of aryl methyl sites for hydroxylation is 2. The zero-order valence-electron chi connectivity index (χ0n) is 14.8. The highest BCUT2D eigenvalue weighted by molar-refractivity contribution is 7.99. The van der Waals surface area contributed by atoms with E-state index in [1.54, 1.807) is 6.07 Å². The summed E-state index contributed by atoms with van der Waals surface area (Å²) in [5.41, 5.74) is 9.96. The summed E-state index contributed by atoms with van der Waals surface area (Å²) in [6, 6.07) is 9.58. The van der Waals surface area contributed by atoms with Crippen molar-refractivity contribution in [1.82, 2.24) is 0 Å². The molecule has 26 heavy (non-hydrogen) atoms. The highest BCUT2D eigenvalue weighted by Crippen LogP contribution is 2.40. The molecule has 6 heteroatoms. The Morgan fingerprint density at radius 1 is 1.19 bits per heavy atom. The molecule has 140 valence electrons. The SMILES string of the molecule is CCc1ccc(C(SC[C@H](N)C(=O)O)c2ccc(F)cc2Cl)cc1CC. The van der Waals surface area contributed by atoms with Gasteiger partial charge in [0.05, 0.1) is 5.25 Å². The van der Waals surface area contributed by atoms with Gasteiger partial charge in [0.2, 0.25) is 0 Å². The van der Waals surface area contributed by atoms with Gasteiger partial charge in [-0.05, 0) is 47.2 Å². The van der Waals surface area contributed by atoms with Gasteiger partial charge in [-0.1, -0.05) is 49.7 Å². The number of hydrogen-bond donors (Lipinski definition) is 2. The second-order valence-corrected chi connectivity index (χ2v) is 7.60. The number of carboxylic acid groups (broad SMARTS) is 1. The van der Waals surface area contributed by atoms with Gasteiger partial charge in [-0.15, -0.1) is 11.8 Å². The van der Waals surface area contributed by atoms with Crippen LogP contribution in [0.3, 0.4) is 0 Å². The minimum Gasteiger partial charge on any atom is -0.480 e. The van der Waals surface area contributed by atoms with Crippen molar-refractivity contribution >= 4 is 29.3 Å². The Hall–Kier alpha value is -1.56. The van der Waals surface area contributed by atoms with Crippen molar-refractivity contribution in [2.24, 2.45) is 5.73 Å². The van der Waals surface area contributed by atoms with Crippen LogP contribution in [0, 0.1) is 5.82 Å². The van der Waals surface area contributed by atoms with E-state index in [9.17, 15) is 9.18 Å². The van der Waals surface area contributed by atoms with Crippen LogP contribution in [-0.4, -0.2) is 22.9 Å². The van der Waals surface area contributed by atoms with Crippen molar-refractivity contribution in [3.05, 3.63) is 69.5 Å². The maximum atomic E-state index is 13.5. The molecular weight excluding hydrogens is 373 g/mol. The van der Waals surface area contributed by atoms with Crippen LogP contribution in [0.4, 0.5) is 4.39 Å². The molecule has 0 heterocycles. The van der Waals surface area contributed by atoms with Gasteiger partial charge in [0.1, 0.15) is 11.9 Å². The third-order valence-electron chi connectivity index (χ3n) is 4.30. The molecule has 1 unspecified atom stereocenters.